The highest BCUT2D eigenvalue weighted by atomic mass is 14.8. The Labute approximate surface area is 93.9 Å². The van der Waals surface area contributed by atoms with Gasteiger partial charge >= 0.3 is 0 Å². The van der Waals surface area contributed by atoms with Crippen molar-refractivity contribution in [2.75, 3.05) is 7.05 Å². The molecule has 0 bridgehead atoms. The van der Waals surface area contributed by atoms with Gasteiger partial charge in [0, 0.05) is 19.4 Å². The van der Waals surface area contributed by atoms with Crippen molar-refractivity contribution in [3.63, 3.8) is 0 Å². The van der Waals surface area contributed by atoms with Crippen LogP contribution in [0.1, 0.15) is 33.3 Å². The smallest absolute Gasteiger partial charge is 0.252 e. The first-order chi connectivity index (χ1) is 7.17. The van der Waals surface area contributed by atoms with Crippen molar-refractivity contribution in [2.24, 2.45) is 5.73 Å². The number of hydrogen-bond donors (Lipinski definition) is 1. The molecule has 0 aromatic heterocycles. The fourth-order valence-electron chi connectivity index (χ4n) is 0.911. The van der Waals surface area contributed by atoms with Crippen molar-refractivity contribution in [1.29, 1.82) is 0 Å². The van der Waals surface area contributed by atoms with E-state index < -0.39 is 0 Å². The summed E-state index contributed by atoms with van der Waals surface area (Å²) in [6.45, 7) is 14.8. The van der Waals surface area contributed by atoms with Crippen LogP contribution >= 0.6 is 0 Å². The Bertz CT molecular complexity index is 270. The Morgan fingerprint density at radius 3 is 1.80 bits per heavy atom. The molecule has 0 saturated heterocycles. The van der Waals surface area contributed by atoms with E-state index in [0.717, 1.165) is 5.56 Å². The number of nitrogens with two attached hydrogens (primary N) is 1. The molecule has 0 aliphatic carbocycles. The van der Waals surface area contributed by atoms with Gasteiger partial charge in [-0.2, -0.15) is 0 Å². The molecule has 84 valence electrons. The average Bonchev–Trinajstić information content (AvgIpc) is 2.35. The van der Waals surface area contributed by atoms with Gasteiger partial charge < -0.3 is 10.6 Å². The van der Waals surface area contributed by atoms with Crippen LogP contribution in [-0.2, 0) is 5.54 Å². The summed E-state index contributed by atoms with van der Waals surface area (Å²) in [5.74, 6) is 0. The molecule has 0 spiro atoms. The zero-order valence-electron chi connectivity index (χ0n) is 10.4. The molecular formula is C13H22N2. The van der Waals surface area contributed by atoms with Gasteiger partial charge in [-0.3, -0.25) is 0 Å². The molecule has 2 N–H and O–H groups in total. The zero-order valence-corrected chi connectivity index (χ0v) is 10.4. The van der Waals surface area contributed by atoms with Crippen LogP contribution < -0.4 is 5.73 Å². The summed E-state index contributed by atoms with van der Waals surface area (Å²) in [6.07, 6.45) is 0. The van der Waals surface area contributed by atoms with Crippen LogP contribution in [0.2, 0.25) is 0 Å². The second-order valence-corrected chi connectivity index (χ2v) is 3.04. The molecule has 0 aliphatic heterocycles. The molecule has 0 fully saturated rings. The van der Waals surface area contributed by atoms with E-state index in [1.165, 1.54) is 7.05 Å². The van der Waals surface area contributed by atoms with E-state index in [9.17, 15) is 0 Å². The molecule has 15 heavy (non-hydrogen) atoms. The topological polar surface area (TPSA) is 30.4 Å². The SMILES string of the molecule is CC.CN.[C-]#[N+]C(C)(C)c1ccccc1. The largest absolute Gasteiger partial charge is 0.333 e. The Balaban J connectivity index is 0. The highest BCUT2D eigenvalue weighted by molar-refractivity contribution is 5.25. The minimum atomic E-state index is -0.374. The quantitative estimate of drug-likeness (QED) is 0.701. The van der Waals surface area contributed by atoms with Gasteiger partial charge in [-0.1, -0.05) is 44.2 Å². The molecule has 0 heterocycles. The van der Waals surface area contributed by atoms with Gasteiger partial charge in [-0.25, -0.2) is 6.57 Å². The van der Waals surface area contributed by atoms with Gasteiger partial charge in [-0.15, -0.1) is 0 Å². The lowest BCUT2D eigenvalue weighted by Crippen LogP contribution is -2.10. The van der Waals surface area contributed by atoms with Crippen LogP contribution in [0.3, 0.4) is 0 Å². The van der Waals surface area contributed by atoms with Crippen LogP contribution in [0.15, 0.2) is 30.3 Å². The standard InChI is InChI=1S/C10H11N.C2H6.CH5N/c1-10(2,11-3)9-7-5-4-6-8-9;2*1-2/h4-8H,1-2H3;1-2H3;2H2,1H3. The van der Waals surface area contributed by atoms with Gasteiger partial charge in [0.2, 0.25) is 0 Å². The summed E-state index contributed by atoms with van der Waals surface area (Å²) in [5.41, 5.74) is 5.20. The molecule has 0 saturated carbocycles. The molecule has 1 rings (SSSR count). The number of rotatable bonds is 1. The van der Waals surface area contributed by atoms with Crippen molar-refractivity contribution in [3.05, 3.63) is 47.3 Å². The lowest BCUT2D eigenvalue weighted by atomic mass is 9.96. The minimum Gasteiger partial charge on any atom is -0.333 e. The van der Waals surface area contributed by atoms with Crippen molar-refractivity contribution < 1.29 is 0 Å². The second-order valence-electron chi connectivity index (χ2n) is 3.04. The van der Waals surface area contributed by atoms with Gasteiger partial charge in [0.05, 0.1) is 0 Å². The summed E-state index contributed by atoms with van der Waals surface area (Å²) in [6, 6.07) is 9.85. The second kappa shape index (κ2) is 9.23. The Morgan fingerprint density at radius 2 is 1.47 bits per heavy atom. The summed E-state index contributed by atoms with van der Waals surface area (Å²) in [4.78, 5) is 3.54. The summed E-state index contributed by atoms with van der Waals surface area (Å²) in [7, 11) is 1.50. The lowest BCUT2D eigenvalue weighted by molar-refractivity contribution is 0.664. The lowest BCUT2D eigenvalue weighted by Gasteiger charge is -2.10. The highest BCUT2D eigenvalue weighted by Crippen LogP contribution is 2.23. The maximum absolute atomic E-state index is 6.97. The van der Waals surface area contributed by atoms with E-state index in [-0.39, 0.29) is 5.54 Å². The molecule has 0 aliphatic rings. The predicted octanol–water partition coefficient (Wildman–Crippen LogP) is 3.44. The molecule has 0 atom stereocenters. The van der Waals surface area contributed by atoms with E-state index >= 15 is 0 Å². The first kappa shape index (κ1) is 16.1. The van der Waals surface area contributed by atoms with Crippen LogP contribution in [0, 0.1) is 6.57 Å². The summed E-state index contributed by atoms with van der Waals surface area (Å²) < 4.78 is 0. The van der Waals surface area contributed by atoms with Gasteiger partial charge in [-0.05, 0) is 7.05 Å². The number of nitrogens with zero attached hydrogens (tertiary/aromatic N) is 1. The molecule has 0 radical (unpaired) electrons. The van der Waals surface area contributed by atoms with E-state index in [2.05, 4.69) is 10.6 Å². The van der Waals surface area contributed by atoms with Crippen molar-refractivity contribution >= 4 is 0 Å². The van der Waals surface area contributed by atoms with E-state index in [1.807, 2.05) is 58.0 Å². The molecule has 0 unspecified atom stereocenters. The molecule has 1 aromatic rings. The van der Waals surface area contributed by atoms with E-state index in [0.29, 0.717) is 0 Å². The third-order valence-corrected chi connectivity index (χ3v) is 1.76. The van der Waals surface area contributed by atoms with Crippen LogP contribution in [0.5, 0.6) is 0 Å². The molecule has 2 heteroatoms. The fourth-order valence-corrected chi connectivity index (χ4v) is 0.911. The minimum absolute atomic E-state index is 0.374. The monoisotopic (exact) mass is 206 g/mol. The highest BCUT2D eigenvalue weighted by Gasteiger charge is 2.24. The zero-order chi connectivity index (χ0) is 12.3. The van der Waals surface area contributed by atoms with Gasteiger partial charge in [0.1, 0.15) is 0 Å². The Hall–Kier alpha value is -1.33. The first-order valence-corrected chi connectivity index (χ1v) is 5.19. The van der Waals surface area contributed by atoms with Crippen LogP contribution in [0.25, 0.3) is 4.85 Å². The average molecular weight is 206 g/mol. The normalized spacial score (nSPS) is 8.60. The van der Waals surface area contributed by atoms with Crippen molar-refractivity contribution in [3.8, 4) is 0 Å². The van der Waals surface area contributed by atoms with Gasteiger partial charge in [0.15, 0.2) is 0 Å². The first-order valence-electron chi connectivity index (χ1n) is 5.19. The van der Waals surface area contributed by atoms with E-state index in [4.69, 9.17) is 6.57 Å². The molecule has 0 amide bonds. The molecular weight excluding hydrogens is 184 g/mol. The maximum atomic E-state index is 6.97. The predicted molar refractivity (Wildman–Crippen MR) is 67.5 cm³/mol. The van der Waals surface area contributed by atoms with Crippen LogP contribution in [-0.4, -0.2) is 7.05 Å². The number of benzene rings is 1. The maximum Gasteiger partial charge on any atom is 0.252 e. The Morgan fingerprint density at radius 1 is 1.07 bits per heavy atom. The number of hydrogen-bond acceptors (Lipinski definition) is 1. The van der Waals surface area contributed by atoms with Gasteiger partial charge in [0.25, 0.3) is 5.54 Å². The van der Waals surface area contributed by atoms with Crippen LogP contribution in [0.4, 0.5) is 0 Å². The molecule has 1 aromatic carbocycles. The summed E-state index contributed by atoms with van der Waals surface area (Å²) >= 11 is 0. The molecule has 2 nitrogen and oxygen atoms in total. The third-order valence-electron chi connectivity index (χ3n) is 1.76. The third kappa shape index (κ3) is 5.87. The van der Waals surface area contributed by atoms with E-state index in [1.54, 1.807) is 0 Å². The fraction of sp³-hybridized carbons (Fsp3) is 0.462. The Kier molecular flexibility index (Phi) is 9.92. The van der Waals surface area contributed by atoms with Crippen molar-refractivity contribution in [1.82, 2.24) is 0 Å². The van der Waals surface area contributed by atoms with Crippen molar-refractivity contribution in [2.45, 2.75) is 33.2 Å². The summed E-state index contributed by atoms with van der Waals surface area (Å²) in [5, 5.41) is 0.